The molecule has 0 amide bonds. The minimum Gasteiger partial charge on any atom is -0.507 e. The van der Waals surface area contributed by atoms with E-state index in [1.165, 1.54) is 0 Å². The van der Waals surface area contributed by atoms with Gasteiger partial charge in [0.1, 0.15) is 5.57 Å². The van der Waals surface area contributed by atoms with Gasteiger partial charge in [-0.2, -0.15) is 0 Å². The van der Waals surface area contributed by atoms with Crippen LogP contribution in [0.4, 0.5) is 0 Å². The van der Waals surface area contributed by atoms with Gasteiger partial charge < -0.3 is 9.84 Å². The van der Waals surface area contributed by atoms with Gasteiger partial charge in [-0.1, -0.05) is 37.1 Å². The van der Waals surface area contributed by atoms with E-state index in [9.17, 15) is 9.90 Å². The number of benzene rings is 1. The number of aliphatic hydroxyl groups is 1. The van der Waals surface area contributed by atoms with E-state index in [4.69, 9.17) is 4.74 Å². The van der Waals surface area contributed by atoms with Gasteiger partial charge in [0, 0.05) is 0 Å². The predicted molar refractivity (Wildman–Crippen MR) is 82.0 cm³/mol. The first-order valence-corrected chi connectivity index (χ1v) is 7.84. The van der Waals surface area contributed by atoms with E-state index < -0.39 is 5.60 Å². The van der Waals surface area contributed by atoms with Crippen LogP contribution in [0.25, 0.3) is 5.57 Å². The van der Waals surface area contributed by atoms with Gasteiger partial charge in [-0.3, -0.25) is 0 Å². The van der Waals surface area contributed by atoms with Crippen molar-refractivity contribution in [1.29, 1.82) is 0 Å². The van der Waals surface area contributed by atoms with Crippen LogP contribution < -0.4 is 0 Å². The van der Waals surface area contributed by atoms with Gasteiger partial charge in [0.05, 0.1) is 0 Å². The molecule has 21 heavy (non-hydrogen) atoms. The Morgan fingerprint density at radius 2 is 1.95 bits per heavy atom. The molecule has 1 fully saturated rings. The lowest BCUT2D eigenvalue weighted by Crippen LogP contribution is -2.34. The van der Waals surface area contributed by atoms with Crippen molar-refractivity contribution in [3.8, 4) is 0 Å². The molecule has 1 spiro atoms. The standard InChI is InChI=1S/C18H22O3/c1-3-13-11-12(2)7-8-14(13)15-16(19)18(21-17(15)20)9-5-4-6-10-18/h7-8,11,19H,3-6,9-10H2,1-2H3. The van der Waals surface area contributed by atoms with Crippen LogP contribution in [0.15, 0.2) is 24.0 Å². The maximum Gasteiger partial charge on any atom is 0.343 e. The highest BCUT2D eigenvalue weighted by atomic mass is 16.6. The minimum absolute atomic E-state index is 0.158. The molecule has 0 radical (unpaired) electrons. The van der Waals surface area contributed by atoms with Crippen LogP contribution in [0, 0.1) is 6.92 Å². The molecule has 3 heteroatoms. The number of esters is 1. The molecule has 0 unspecified atom stereocenters. The van der Waals surface area contributed by atoms with Crippen molar-refractivity contribution in [2.45, 2.75) is 58.0 Å². The van der Waals surface area contributed by atoms with Crippen molar-refractivity contribution in [1.82, 2.24) is 0 Å². The fraction of sp³-hybridized carbons (Fsp3) is 0.500. The predicted octanol–water partition coefficient (Wildman–Crippen LogP) is 4.09. The zero-order chi connectivity index (χ0) is 15.0. The number of aliphatic hydroxyl groups excluding tert-OH is 1. The molecule has 1 N–H and O–H groups in total. The Balaban J connectivity index is 2.10. The average molecular weight is 286 g/mol. The third-order valence-electron chi connectivity index (χ3n) is 4.73. The number of rotatable bonds is 2. The molecule has 0 atom stereocenters. The van der Waals surface area contributed by atoms with E-state index >= 15 is 0 Å². The Bertz CT molecular complexity index is 607. The summed E-state index contributed by atoms with van der Waals surface area (Å²) in [5.74, 6) is -0.210. The largest absolute Gasteiger partial charge is 0.507 e. The van der Waals surface area contributed by atoms with Crippen molar-refractivity contribution < 1.29 is 14.6 Å². The van der Waals surface area contributed by atoms with Crippen LogP contribution >= 0.6 is 0 Å². The second-order valence-corrected chi connectivity index (χ2v) is 6.18. The van der Waals surface area contributed by atoms with Crippen molar-refractivity contribution in [2.24, 2.45) is 0 Å². The molecule has 112 valence electrons. The lowest BCUT2D eigenvalue weighted by atomic mass is 9.82. The van der Waals surface area contributed by atoms with Crippen LogP contribution in [0.5, 0.6) is 0 Å². The summed E-state index contributed by atoms with van der Waals surface area (Å²) in [4.78, 5) is 12.4. The zero-order valence-corrected chi connectivity index (χ0v) is 12.7. The van der Waals surface area contributed by atoms with Gasteiger partial charge >= 0.3 is 5.97 Å². The van der Waals surface area contributed by atoms with Crippen LogP contribution in [-0.4, -0.2) is 16.7 Å². The number of hydrogen-bond donors (Lipinski definition) is 1. The maximum absolute atomic E-state index is 12.4. The molecule has 0 aromatic heterocycles. The average Bonchev–Trinajstić information content (AvgIpc) is 2.71. The molecule has 1 saturated carbocycles. The molecule has 1 heterocycles. The van der Waals surface area contributed by atoms with E-state index in [-0.39, 0.29) is 11.7 Å². The Labute approximate surface area is 125 Å². The second kappa shape index (κ2) is 5.21. The van der Waals surface area contributed by atoms with E-state index in [1.807, 2.05) is 19.1 Å². The Morgan fingerprint density at radius 3 is 2.62 bits per heavy atom. The van der Waals surface area contributed by atoms with Crippen molar-refractivity contribution in [3.05, 3.63) is 40.6 Å². The molecule has 3 nitrogen and oxygen atoms in total. The molecule has 1 aliphatic heterocycles. The normalized spacial score (nSPS) is 21.0. The molecule has 0 saturated heterocycles. The molecule has 1 aromatic rings. The summed E-state index contributed by atoms with van der Waals surface area (Å²) in [6.07, 6.45) is 5.45. The quantitative estimate of drug-likeness (QED) is 0.833. The first kappa shape index (κ1) is 14.2. The SMILES string of the molecule is CCc1cc(C)ccc1C1=C(O)C2(CCCCC2)OC1=O. The summed E-state index contributed by atoms with van der Waals surface area (Å²) in [5.41, 5.74) is 2.71. The van der Waals surface area contributed by atoms with Gasteiger partial charge in [-0.05, 0) is 50.2 Å². The maximum atomic E-state index is 12.4. The monoisotopic (exact) mass is 286 g/mol. The summed E-state index contributed by atoms with van der Waals surface area (Å²) in [6.45, 7) is 4.10. The fourth-order valence-corrected chi connectivity index (χ4v) is 3.56. The van der Waals surface area contributed by atoms with Crippen LogP contribution in [0.3, 0.4) is 0 Å². The highest BCUT2D eigenvalue weighted by molar-refractivity contribution is 6.20. The second-order valence-electron chi connectivity index (χ2n) is 6.18. The molecule has 0 bridgehead atoms. The lowest BCUT2D eigenvalue weighted by molar-refractivity contribution is -0.149. The summed E-state index contributed by atoms with van der Waals surface area (Å²) in [5, 5.41) is 10.7. The van der Waals surface area contributed by atoms with Gasteiger partial charge in [0.2, 0.25) is 0 Å². The van der Waals surface area contributed by atoms with E-state index in [0.717, 1.165) is 55.2 Å². The minimum atomic E-state index is -0.749. The Hall–Kier alpha value is -1.77. The topological polar surface area (TPSA) is 46.5 Å². The highest BCUT2D eigenvalue weighted by Gasteiger charge is 2.49. The van der Waals surface area contributed by atoms with E-state index in [1.54, 1.807) is 0 Å². The Morgan fingerprint density at radius 1 is 1.24 bits per heavy atom. The number of aryl methyl sites for hydroxylation is 2. The van der Waals surface area contributed by atoms with Gasteiger partial charge in [0.15, 0.2) is 11.4 Å². The summed E-state index contributed by atoms with van der Waals surface area (Å²) in [6, 6.07) is 5.99. The number of hydrogen-bond acceptors (Lipinski definition) is 3. The third kappa shape index (κ3) is 2.25. The lowest BCUT2D eigenvalue weighted by Gasteiger charge is -2.31. The van der Waals surface area contributed by atoms with Crippen LogP contribution in [0.2, 0.25) is 0 Å². The molecular weight excluding hydrogens is 264 g/mol. The van der Waals surface area contributed by atoms with Crippen molar-refractivity contribution in [3.63, 3.8) is 0 Å². The Kier molecular flexibility index (Phi) is 3.52. The molecule has 3 rings (SSSR count). The van der Waals surface area contributed by atoms with Gasteiger partial charge in [-0.15, -0.1) is 0 Å². The van der Waals surface area contributed by atoms with Crippen molar-refractivity contribution in [2.75, 3.05) is 0 Å². The van der Waals surface area contributed by atoms with Gasteiger partial charge in [-0.25, -0.2) is 4.79 Å². The van der Waals surface area contributed by atoms with Gasteiger partial charge in [0.25, 0.3) is 0 Å². The number of carbonyl (C=O) groups excluding carboxylic acids is 1. The number of carbonyl (C=O) groups is 1. The van der Waals surface area contributed by atoms with E-state index in [0.29, 0.717) is 5.57 Å². The zero-order valence-electron chi connectivity index (χ0n) is 12.7. The summed E-state index contributed by atoms with van der Waals surface area (Å²) < 4.78 is 5.64. The van der Waals surface area contributed by atoms with Crippen LogP contribution in [-0.2, 0) is 16.0 Å². The summed E-state index contributed by atoms with van der Waals surface area (Å²) in [7, 11) is 0. The first-order chi connectivity index (χ1) is 10.1. The van der Waals surface area contributed by atoms with E-state index in [2.05, 4.69) is 13.0 Å². The van der Waals surface area contributed by atoms with Crippen LogP contribution in [0.1, 0.15) is 55.7 Å². The van der Waals surface area contributed by atoms with Crippen molar-refractivity contribution >= 4 is 11.5 Å². The molecule has 1 aromatic carbocycles. The third-order valence-corrected chi connectivity index (χ3v) is 4.73. The summed E-state index contributed by atoms with van der Waals surface area (Å²) >= 11 is 0. The first-order valence-electron chi connectivity index (χ1n) is 7.84. The number of ether oxygens (including phenoxy) is 1. The molecular formula is C18H22O3. The molecule has 1 aliphatic carbocycles. The fourth-order valence-electron chi connectivity index (χ4n) is 3.56. The highest BCUT2D eigenvalue weighted by Crippen LogP contribution is 2.45. The molecule has 2 aliphatic rings. The smallest absolute Gasteiger partial charge is 0.343 e.